The fourth-order valence-corrected chi connectivity index (χ4v) is 2.99. The molecule has 1 aromatic heterocycles. The van der Waals surface area contributed by atoms with Crippen LogP contribution in [0.15, 0.2) is 30.5 Å². The Morgan fingerprint density at radius 3 is 2.08 bits per heavy atom. The van der Waals surface area contributed by atoms with E-state index < -0.39 is 0 Å². The number of amides is 2. The van der Waals surface area contributed by atoms with Crippen molar-refractivity contribution < 1.29 is 14.3 Å². The maximum Gasteiger partial charge on any atom is 0.257 e. The normalized spacial score (nSPS) is 14.3. The van der Waals surface area contributed by atoms with Gasteiger partial charge in [0.05, 0.1) is 18.4 Å². The zero-order valence-corrected chi connectivity index (χ0v) is 15.2. The van der Waals surface area contributed by atoms with E-state index in [4.69, 9.17) is 4.74 Å². The smallest absolute Gasteiger partial charge is 0.257 e. The van der Waals surface area contributed by atoms with E-state index in [0.29, 0.717) is 54.6 Å². The summed E-state index contributed by atoms with van der Waals surface area (Å²) in [4.78, 5) is 37.2. The van der Waals surface area contributed by atoms with Crippen molar-refractivity contribution >= 4 is 11.8 Å². The van der Waals surface area contributed by atoms with Crippen LogP contribution in [0.2, 0.25) is 0 Å². The second kappa shape index (κ2) is 7.51. The zero-order chi connectivity index (χ0) is 18.7. The van der Waals surface area contributed by atoms with Crippen LogP contribution in [0.25, 0.3) is 0 Å². The third kappa shape index (κ3) is 3.66. The first kappa shape index (κ1) is 17.8. The molecular formula is C19H22N4O3. The molecule has 26 heavy (non-hydrogen) atoms. The van der Waals surface area contributed by atoms with E-state index >= 15 is 0 Å². The first-order valence-electron chi connectivity index (χ1n) is 8.52. The number of carbonyl (C=O) groups is 2. The van der Waals surface area contributed by atoms with Gasteiger partial charge in [0.1, 0.15) is 11.6 Å². The van der Waals surface area contributed by atoms with Crippen LogP contribution in [0.5, 0.6) is 5.75 Å². The predicted molar refractivity (Wildman–Crippen MR) is 96.3 cm³/mol. The monoisotopic (exact) mass is 354 g/mol. The van der Waals surface area contributed by atoms with Gasteiger partial charge < -0.3 is 14.5 Å². The predicted octanol–water partition coefficient (Wildman–Crippen LogP) is 1.70. The lowest BCUT2D eigenvalue weighted by molar-refractivity contribution is 0.0534. The Hall–Kier alpha value is -2.96. The molecule has 0 unspecified atom stereocenters. The summed E-state index contributed by atoms with van der Waals surface area (Å²) in [5, 5.41) is 0. The molecule has 1 aliphatic heterocycles. The Balaban J connectivity index is 1.63. The number of aromatic nitrogens is 2. The van der Waals surface area contributed by atoms with E-state index in [1.165, 1.54) is 0 Å². The van der Waals surface area contributed by atoms with E-state index in [0.717, 1.165) is 0 Å². The number of rotatable bonds is 3. The number of benzene rings is 1. The minimum Gasteiger partial charge on any atom is -0.497 e. The van der Waals surface area contributed by atoms with E-state index in [-0.39, 0.29) is 11.8 Å². The highest BCUT2D eigenvalue weighted by atomic mass is 16.5. The highest BCUT2D eigenvalue weighted by Crippen LogP contribution is 2.16. The van der Waals surface area contributed by atoms with Crippen molar-refractivity contribution in [2.75, 3.05) is 33.3 Å². The van der Waals surface area contributed by atoms with Gasteiger partial charge >= 0.3 is 0 Å². The van der Waals surface area contributed by atoms with E-state index in [9.17, 15) is 9.59 Å². The maximum absolute atomic E-state index is 12.7. The summed E-state index contributed by atoms with van der Waals surface area (Å²) in [7, 11) is 1.59. The Kier molecular flexibility index (Phi) is 5.16. The number of piperazine rings is 1. The molecule has 0 radical (unpaired) electrons. The molecule has 1 saturated heterocycles. The minimum absolute atomic E-state index is 0.0328. The number of methoxy groups -OCH3 is 1. The lowest BCUT2D eigenvalue weighted by Crippen LogP contribution is -2.50. The number of hydrogen-bond acceptors (Lipinski definition) is 5. The van der Waals surface area contributed by atoms with Crippen LogP contribution in [-0.4, -0.2) is 64.9 Å². The summed E-state index contributed by atoms with van der Waals surface area (Å²) in [6, 6.07) is 7.05. The molecule has 2 heterocycles. The van der Waals surface area contributed by atoms with Gasteiger partial charge in [-0.2, -0.15) is 0 Å². The molecule has 2 amide bonds. The first-order valence-corrected chi connectivity index (χ1v) is 8.52. The molecule has 1 fully saturated rings. The second-order valence-electron chi connectivity index (χ2n) is 6.23. The summed E-state index contributed by atoms with van der Waals surface area (Å²) in [6.45, 7) is 5.60. The summed E-state index contributed by atoms with van der Waals surface area (Å²) < 4.78 is 5.11. The summed E-state index contributed by atoms with van der Waals surface area (Å²) >= 11 is 0. The van der Waals surface area contributed by atoms with Crippen LogP contribution in [0, 0.1) is 13.8 Å². The quantitative estimate of drug-likeness (QED) is 0.839. The molecule has 0 aliphatic carbocycles. The topological polar surface area (TPSA) is 75.6 Å². The molecule has 7 nitrogen and oxygen atoms in total. The van der Waals surface area contributed by atoms with Crippen molar-refractivity contribution in [2.45, 2.75) is 13.8 Å². The summed E-state index contributed by atoms with van der Waals surface area (Å²) in [5.41, 5.74) is 1.82. The van der Waals surface area contributed by atoms with Gasteiger partial charge in [-0.15, -0.1) is 0 Å². The number of aryl methyl sites for hydroxylation is 2. The van der Waals surface area contributed by atoms with Crippen LogP contribution < -0.4 is 4.74 Å². The molecule has 2 aromatic rings. The van der Waals surface area contributed by atoms with Gasteiger partial charge in [-0.1, -0.05) is 0 Å². The number of ether oxygens (including phenoxy) is 1. The van der Waals surface area contributed by atoms with Crippen molar-refractivity contribution in [3.05, 3.63) is 53.1 Å². The van der Waals surface area contributed by atoms with Gasteiger partial charge in [-0.3, -0.25) is 9.59 Å². The number of nitrogens with zero attached hydrogens (tertiary/aromatic N) is 4. The molecule has 0 spiro atoms. The Morgan fingerprint density at radius 1 is 0.962 bits per heavy atom. The largest absolute Gasteiger partial charge is 0.497 e. The molecule has 1 aromatic carbocycles. The molecule has 0 bridgehead atoms. The van der Waals surface area contributed by atoms with Crippen LogP contribution >= 0.6 is 0 Å². The van der Waals surface area contributed by atoms with Crippen molar-refractivity contribution in [2.24, 2.45) is 0 Å². The zero-order valence-electron chi connectivity index (χ0n) is 15.2. The van der Waals surface area contributed by atoms with Crippen LogP contribution in [0.1, 0.15) is 32.2 Å². The average molecular weight is 354 g/mol. The fourth-order valence-electron chi connectivity index (χ4n) is 2.99. The minimum atomic E-state index is -0.0842. The standard InChI is InChI=1S/C19H22N4O3/c1-13-17(12-20-14(2)21-13)19(25)23-10-8-22(9-11-23)18(24)15-4-6-16(26-3)7-5-15/h4-7,12H,8-11H2,1-3H3. The number of carbonyl (C=O) groups excluding carboxylic acids is 2. The Labute approximate surface area is 152 Å². The molecule has 7 heteroatoms. The van der Waals surface area contributed by atoms with Crippen molar-refractivity contribution in [1.82, 2.24) is 19.8 Å². The van der Waals surface area contributed by atoms with Gasteiger partial charge in [0.2, 0.25) is 0 Å². The van der Waals surface area contributed by atoms with E-state index in [1.807, 2.05) is 6.92 Å². The number of hydrogen-bond donors (Lipinski definition) is 0. The molecule has 0 atom stereocenters. The van der Waals surface area contributed by atoms with Crippen LogP contribution in [0.4, 0.5) is 0 Å². The van der Waals surface area contributed by atoms with E-state index in [1.54, 1.807) is 54.3 Å². The molecule has 1 aliphatic rings. The molecule has 136 valence electrons. The SMILES string of the molecule is COc1ccc(C(=O)N2CCN(C(=O)c3cnc(C)nc3C)CC2)cc1. The Bertz CT molecular complexity index is 812. The third-order valence-electron chi connectivity index (χ3n) is 4.52. The van der Waals surface area contributed by atoms with Crippen molar-refractivity contribution in [1.29, 1.82) is 0 Å². The lowest BCUT2D eigenvalue weighted by Gasteiger charge is -2.35. The summed E-state index contributed by atoms with van der Waals surface area (Å²) in [6.07, 6.45) is 1.58. The first-order chi connectivity index (χ1) is 12.5. The molecule has 3 rings (SSSR count). The average Bonchev–Trinajstić information content (AvgIpc) is 2.67. The van der Waals surface area contributed by atoms with Crippen molar-refractivity contribution in [3.8, 4) is 5.75 Å². The highest BCUT2D eigenvalue weighted by Gasteiger charge is 2.26. The van der Waals surface area contributed by atoms with Gasteiger partial charge in [-0.25, -0.2) is 9.97 Å². The maximum atomic E-state index is 12.7. The van der Waals surface area contributed by atoms with Crippen LogP contribution in [0.3, 0.4) is 0 Å². The Morgan fingerprint density at radius 2 is 1.54 bits per heavy atom. The highest BCUT2D eigenvalue weighted by molar-refractivity contribution is 5.96. The van der Waals surface area contributed by atoms with Gasteiger partial charge in [0, 0.05) is 37.9 Å². The van der Waals surface area contributed by atoms with Gasteiger partial charge in [-0.05, 0) is 38.1 Å². The van der Waals surface area contributed by atoms with Crippen molar-refractivity contribution in [3.63, 3.8) is 0 Å². The molecule has 0 N–H and O–H groups in total. The van der Waals surface area contributed by atoms with Gasteiger partial charge in [0.25, 0.3) is 11.8 Å². The second-order valence-corrected chi connectivity index (χ2v) is 6.23. The lowest BCUT2D eigenvalue weighted by atomic mass is 10.1. The van der Waals surface area contributed by atoms with Crippen LogP contribution in [-0.2, 0) is 0 Å². The summed E-state index contributed by atoms with van der Waals surface area (Å²) in [5.74, 6) is 1.25. The van der Waals surface area contributed by atoms with Gasteiger partial charge in [0.15, 0.2) is 0 Å². The third-order valence-corrected chi connectivity index (χ3v) is 4.52. The molecule has 0 saturated carbocycles. The van der Waals surface area contributed by atoms with E-state index in [2.05, 4.69) is 9.97 Å². The molecular weight excluding hydrogens is 332 g/mol. The fraction of sp³-hybridized carbons (Fsp3) is 0.368.